The van der Waals surface area contributed by atoms with Crippen molar-refractivity contribution in [2.24, 2.45) is 0 Å². The lowest BCUT2D eigenvalue weighted by Gasteiger charge is -2.23. The highest BCUT2D eigenvalue weighted by molar-refractivity contribution is 7.18. The van der Waals surface area contributed by atoms with Crippen molar-refractivity contribution in [3.63, 3.8) is 0 Å². The fraction of sp³-hybridized carbons (Fsp3) is 0.714. The normalized spacial score (nSPS) is 15.6. The molecule has 1 fully saturated rings. The Balaban J connectivity index is 2.13. The minimum Gasteiger partial charge on any atom is -0.382 e. The van der Waals surface area contributed by atoms with Crippen LogP contribution < -0.4 is 10.6 Å². The Kier molecular flexibility index (Phi) is 4.86. The second kappa shape index (κ2) is 6.43. The fourth-order valence-electron chi connectivity index (χ4n) is 2.69. The van der Waals surface area contributed by atoms with Gasteiger partial charge in [-0.05, 0) is 19.3 Å². The topological polar surface area (TPSA) is 62.5 Å². The highest BCUT2D eigenvalue weighted by Gasteiger charge is 2.27. The summed E-state index contributed by atoms with van der Waals surface area (Å²) >= 11 is 1.40. The largest absolute Gasteiger partial charge is 0.382 e. The van der Waals surface area contributed by atoms with E-state index in [9.17, 15) is 4.79 Å². The van der Waals surface area contributed by atoms with Crippen LogP contribution in [0.25, 0.3) is 0 Å². The number of thiazole rings is 1. The summed E-state index contributed by atoms with van der Waals surface area (Å²) in [6.45, 7) is 3.03. The van der Waals surface area contributed by atoms with Gasteiger partial charge in [-0.25, -0.2) is 4.98 Å². The first-order chi connectivity index (χ1) is 9.54. The van der Waals surface area contributed by atoms with Crippen LogP contribution in [0.2, 0.25) is 0 Å². The van der Waals surface area contributed by atoms with Crippen molar-refractivity contribution in [1.29, 1.82) is 0 Å². The number of hydrogen-bond donors (Lipinski definition) is 1. The molecule has 1 amide bonds. The molecule has 1 aromatic rings. The zero-order valence-electron chi connectivity index (χ0n) is 12.6. The number of nitrogen functional groups attached to an aromatic ring is 1. The molecule has 20 heavy (non-hydrogen) atoms. The van der Waals surface area contributed by atoms with Gasteiger partial charge in [0.15, 0.2) is 5.13 Å². The van der Waals surface area contributed by atoms with Gasteiger partial charge in [-0.2, -0.15) is 0 Å². The molecule has 1 heterocycles. The third kappa shape index (κ3) is 3.06. The summed E-state index contributed by atoms with van der Waals surface area (Å²) < 4.78 is 0. The summed E-state index contributed by atoms with van der Waals surface area (Å²) in [5.41, 5.74) is 5.94. The van der Waals surface area contributed by atoms with Crippen LogP contribution in [0.3, 0.4) is 0 Å². The van der Waals surface area contributed by atoms with Crippen LogP contribution in [-0.2, 0) is 0 Å². The van der Waals surface area contributed by atoms with Crippen molar-refractivity contribution in [3.8, 4) is 0 Å². The second-order valence-electron chi connectivity index (χ2n) is 5.49. The van der Waals surface area contributed by atoms with Gasteiger partial charge < -0.3 is 15.5 Å². The number of anilines is 2. The van der Waals surface area contributed by atoms with E-state index in [1.807, 2.05) is 23.9 Å². The summed E-state index contributed by atoms with van der Waals surface area (Å²) in [5, 5.41) is 0.826. The van der Waals surface area contributed by atoms with E-state index in [1.165, 1.54) is 24.2 Å². The quantitative estimate of drug-likeness (QED) is 0.907. The zero-order valence-corrected chi connectivity index (χ0v) is 13.4. The van der Waals surface area contributed by atoms with Crippen LogP contribution >= 0.6 is 11.3 Å². The van der Waals surface area contributed by atoms with Crippen LogP contribution in [0.4, 0.5) is 10.9 Å². The summed E-state index contributed by atoms with van der Waals surface area (Å²) in [6, 6.07) is 0.362. The van der Waals surface area contributed by atoms with Crippen LogP contribution in [-0.4, -0.2) is 42.5 Å². The third-order valence-corrected chi connectivity index (χ3v) is 5.09. The minimum atomic E-state index is 0.0167. The van der Waals surface area contributed by atoms with Crippen LogP contribution in [0.1, 0.15) is 48.7 Å². The van der Waals surface area contributed by atoms with Crippen molar-refractivity contribution >= 4 is 28.2 Å². The average molecular weight is 296 g/mol. The molecule has 0 saturated heterocycles. The third-order valence-electron chi connectivity index (χ3n) is 3.91. The Morgan fingerprint density at radius 3 is 2.65 bits per heavy atom. The molecule has 0 spiro atoms. The number of amides is 1. The molecule has 1 aliphatic rings. The molecular formula is C14H24N4OS. The van der Waals surface area contributed by atoms with Crippen LogP contribution in [0.15, 0.2) is 0 Å². The van der Waals surface area contributed by atoms with Gasteiger partial charge in [-0.15, -0.1) is 0 Å². The zero-order chi connectivity index (χ0) is 14.7. The predicted octanol–water partition coefficient (Wildman–Crippen LogP) is 2.59. The molecule has 1 aromatic heterocycles. The SMILES string of the molecule is CCCN(C)c1nc(N)c(C(=O)N(C)C2CCCC2)s1. The molecule has 0 aliphatic heterocycles. The van der Waals surface area contributed by atoms with Crippen molar-refractivity contribution in [2.75, 3.05) is 31.3 Å². The van der Waals surface area contributed by atoms with E-state index in [0.29, 0.717) is 16.7 Å². The molecule has 0 aromatic carbocycles. The monoisotopic (exact) mass is 296 g/mol. The van der Waals surface area contributed by atoms with Crippen molar-refractivity contribution < 1.29 is 4.79 Å². The highest BCUT2D eigenvalue weighted by Crippen LogP contribution is 2.31. The van der Waals surface area contributed by atoms with E-state index in [1.54, 1.807) is 0 Å². The lowest BCUT2D eigenvalue weighted by molar-refractivity contribution is 0.0741. The first-order valence-corrected chi connectivity index (χ1v) is 8.10. The number of nitrogens with two attached hydrogens (primary N) is 1. The minimum absolute atomic E-state index is 0.0167. The number of carbonyl (C=O) groups is 1. The number of carbonyl (C=O) groups excluding carboxylic acids is 1. The first-order valence-electron chi connectivity index (χ1n) is 7.29. The molecule has 1 saturated carbocycles. The maximum Gasteiger partial charge on any atom is 0.267 e. The molecular weight excluding hydrogens is 272 g/mol. The predicted molar refractivity (Wildman–Crippen MR) is 84.4 cm³/mol. The van der Waals surface area contributed by atoms with Gasteiger partial charge in [0.2, 0.25) is 0 Å². The smallest absolute Gasteiger partial charge is 0.267 e. The Labute approximate surface area is 124 Å². The highest BCUT2D eigenvalue weighted by atomic mass is 32.1. The summed E-state index contributed by atoms with van der Waals surface area (Å²) in [7, 11) is 3.86. The Bertz CT molecular complexity index is 468. The van der Waals surface area contributed by atoms with Crippen LogP contribution in [0.5, 0.6) is 0 Å². The fourth-order valence-corrected chi connectivity index (χ4v) is 3.64. The van der Waals surface area contributed by atoms with E-state index in [0.717, 1.165) is 30.9 Å². The van der Waals surface area contributed by atoms with Gasteiger partial charge in [0.1, 0.15) is 10.7 Å². The van der Waals surface area contributed by atoms with E-state index in [-0.39, 0.29) is 5.91 Å². The Morgan fingerprint density at radius 1 is 1.40 bits per heavy atom. The van der Waals surface area contributed by atoms with Gasteiger partial charge in [-0.1, -0.05) is 31.1 Å². The van der Waals surface area contributed by atoms with E-state index < -0.39 is 0 Å². The van der Waals surface area contributed by atoms with E-state index in [4.69, 9.17) is 5.73 Å². The maximum absolute atomic E-state index is 12.5. The molecule has 0 unspecified atom stereocenters. The molecule has 0 bridgehead atoms. The molecule has 6 heteroatoms. The van der Waals surface area contributed by atoms with Crippen molar-refractivity contribution in [2.45, 2.75) is 45.1 Å². The number of hydrogen-bond acceptors (Lipinski definition) is 5. The summed E-state index contributed by atoms with van der Waals surface area (Å²) in [5.74, 6) is 0.380. The number of aromatic nitrogens is 1. The lowest BCUT2D eigenvalue weighted by Crippen LogP contribution is -2.35. The summed E-state index contributed by atoms with van der Waals surface area (Å²) in [6.07, 6.45) is 5.67. The standard InChI is InChI=1S/C14H24N4OS/c1-4-9-17(2)14-16-12(15)11(20-14)13(19)18(3)10-7-5-6-8-10/h10H,4-9,15H2,1-3H3. The van der Waals surface area contributed by atoms with Gasteiger partial charge in [0.05, 0.1) is 0 Å². The molecule has 112 valence electrons. The van der Waals surface area contributed by atoms with Gasteiger partial charge in [0.25, 0.3) is 5.91 Å². The molecule has 2 rings (SSSR count). The molecule has 2 N–H and O–H groups in total. The van der Waals surface area contributed by atoms with Crippen molar-refractivity contribution in [3.05, 3.63) is 4.88 Å². The Morgan fingerprint density at radius 2 is 2.05 bits per heavy atom. The first kappa shape index (κ1) is 15.1. The molecule has 1 aliphatic carbocycles. The van der Waals surface area contributed by atoms with Crippen LogP contribution in [0, 0.1) is 0 Å². The summed E-state index contributed by atoms with van der Waals surface area (Å²) in [4.78, 5) is 21.4. The van der Waals surface area contributed by atoms with E-state index >= 15 is 0 Å². The number of rotatable bonds is 5. The second-order valence-corrected chi connectivity index (χ2v) is 6.46. The van der Waals surface area contributed by atoms with Gasteiger partial charge in [-0.3, -0.25) is 4.79 Å². The maximum atomic E-state index is 12.5. The lowest BCUT2D eigenvalue weighted by atomic mass is 10.2. The molecule has 0 radical (unpaired) electrons. The average Bonchev–Trinajstić information content (AvgIpc) is 3.06. The Hall–Kier alpha value is -1.30. The van der Waals surface area contributed by atoms with Gasteiger partial charge in [0, 0.05) is 26.7 Å². The van der Waals surface area contributed by atoms with E-state index in [2.05, 4.69) is 11.9 Å². The molecule has 0 atom stereocenters. The van der Waals surface area contributed by atoms with Gasteiger partial charge >= 0.3 is 0 Å². The number of nitrogens with zero attached hydrogens (tertiary/aromatic N) is 3. The molecule has 5 nitrogen and oxygen atoms in total. The van der Waals surface area contributed by atoms with Crippen molar-refractivity contribution in [1.82, 2.24) is 9.88 Å².